The third-order valence-electron chi connectivity index (χ3n) is 1.10. The first-order chi connectivity index (χ1) is 7.35. The SMILES string of the molecule is C#CC#CB(C#CC#CC)C#CC#CC. The molecule has 0 amide bonds. The van der Waals surface area contributed by atoms with Gasteiger partial charge >= 0.3 is 6.71 Å². The third-order valence-corrected chi connectivity index (χ3v) is 1.10. The predicted molar refractivity (Wildman–Crippen MR) is 64.8 cm³/mol. The summed E-state index contributed by atoms with van der Waals surface area (Å²) in [5.74, 6) is 28.8. The summed E-state index contributed by atoms with van der Waals surface area (Å²) in [6, 6.07) is 0. The van der Waals surface area contributed by atoms with E-state index < -0.39 is 0 Å². The maximum absolute atomic E-state index is 5.01. The second-order valence-corrected chi connectivity index (χ2v) is 2.14. The van der Waals surface area contributed by atoms with Gasteiger partial charge in [0.2, 0.25) is 0 Å². The molecule has 0 unspecified atom stereocenters. The summed E-state index contributed by atoms with van der Waals surface area (Å²) in [5.41, 5.74) is 0. The highest BCUT2D eigenvalue weighted by Crippen LogP contribution is 1.74. The molecule has 15 heavy (non-hydrogen) atoms. The molecule has 0 aromatic rings. The van der Waals surface area contributed by atoms with Crippen LogP contribution in [0.25, 0.3) is 0 Å². The van der Waals surface area contributed by atoms with E-state index in [0.717, 1.165) is 0 Å². The third kappa shape index (κ3) is 7.78. The van der Waals surface area contributed by atoms with Gasteiger partial charge in [0.1, 0.15) is 0 Å². The Balaban J connectivity index is 4.83. The van der Waals surface area contributed by atoms with E-state index >= 15 is 0 Å². The van der Waals surface area contributed by atoms with Gasteiger partial charge in [0.15, 0.2) is 0 Å². The topological polar surface area (TPSA) is 0 Å². The first kappa shape index (κ1) is 12.4. The van der Waals surface area contributed by atoms with Gasteiger partial charge in [0.25, 0.3) is 0 Å². The Bertz CT molecular complexity index is 508. The highest BCUT2D eigenvalue weighted by atomic mass is 13.6. The van der Waals surface area contributed by atoms with E-state index in [1.54, 1.807) is 13.8 Å². The zero-order valence-electron chi connectivity index (χ0n) is 8.65. The van der Waals surface area contributed by atoms with Crippen LogP contribution in [-0.4, -0.2) is 6.71 Å². The van der Waals surface area contributed by atoms with Crippen LogP contribution in [-0.2, 0) is 0 Å². The molecule has 0 fully saturated rings. The molecular weight excluding hydrogens is 179 g/mol. The zero-order valence-corrected chi connectivity index (χ0v) is 8.65. The molecule has 0 atom stereocenters. The summed E-state index contributed by atoms with van der Waals surface area (Å²) in [6.07, 6.45) is 5.01. The van der Waals surface area contributed by atoms with Crippen LogP contribution in [0.15, 0.2) is 0 Å². The molecule has 0 bridgehead atoms. The average Bonchev–Trinajstić information content (AvgIpc) is 2.25. The van der Waals surface area contributed by atoms with Gasteiger partial charge in [-0.3, -0.25) is 0 Å². The maximum Gasteiger partial charge on any atom is 0.398 e. The van der Waals surface area contributed by atoms with Crippen LogP contribution in [0.2, 0.25) is 0 Å². The lowest BCUT2D eigenvalue weighted by Crippen LogP contribution is -2.03. The fraction of sp³-hybridized carbons (Fsp3) is 0.143. The lowest BCUT2D eigenvalue weighted by atomic mass is 9.52. The van der Waals surface area contributed by atoms with Gasteiger partial charge in [-0.1, -0.05) is 11.8 Å². The van der Waals surface area contributed by atoms with Gasteiger partial charge in [-0.05, 0) is 49.4 Å². The standard InChI is InChI=1S/C14H7B/c1-4-7-10-13-15(12-9-6-3)14-11-8-5-2/h3H,1-2H3. The van der Waals surface area contributed by atoms with Gasteiger partial charge < -0.3 is 0 Å². The number of hydrogen-bond acceptors (Lipinski definition) is 0. The van der Waals surface area contributed by atoms with Crippen molar-refractivity contribution in [3.8, 4) is 71.2 Å². The lowest BCUT2D eigenvalue weighted by Gasteiger charge is -1.78. The van der Waals surface area contributed by atoms with Crippen molar-refractivity contribution in [2.24, 2.45) is 0 Å². The van der Waals surface area contributed by atoms with Crippen molar-refractivity contribution in [2.45, 2.75) is 13.8 Å². The van der Waals surface area contributed by atoms with Crippen LogP contribution in [0.1, 0.15) is 13.8 Å². The van der Waals surface area contributed by atoms with Crippen molar-refractivity contribution in [3.63, 3.8) is 0 Å². The number of hydrogen-bond donors (Lipinski definition) is 0. The van der Waals surface area contributed by atoms with Crippen LogP contribution in [0.4, 0.5) is 0 Å². The molecule has 0 aliphatic heterocycles. The molecule has 0 radical (unpaired) electrons. The number of terminal acetylenes is 1. The van der Waals surface area contributed by atoms with E-state index in [9.17, 15) is 0 Å². The Hall–Kier alpha value is -2.58. The van der Waals surface area contributed by atoms with E-state index in [2.05, 4.69) is 64.8 Å². The average molecular weight is 186 g/mol. The van der Waals surface area contributed by atoms with Crippen LogP contribution < -0.4 is 0 Å². The van der Waals surface area contributed by atoms with Crippen molar-refractivity contribution in [1.82, 2.24) is 0 Å². The predicted octanol–water partition coefficient (Wildman–Crippen LogP) is 0.789. The quantitative estimate of drug-likeness (QED) is 0.387. The summed E-state index contributed by atoms with van der Waals surface area (Å²) >= 11 is 0. The molecule has 0 rings (SSSR count). The molecule has 0 heterocycles. The highest BCUT2D eigenvalue weighted by molar-refractivity contribution is 6.82. The molecule has 0 saturated heterocycles. The summed E-state index contributed by atoms with van der Waals surface area (Å²) in [4.78, 5) is 0. The Morgan fingerprint density at radius 2 is 1.20 bits per heavy atom. The largest absolute Gasteiger partial charge is 0.398 e. The Kier molecular flexibility index (Phi) is 7.88. The fourth-order valence-corrected chi connectivity index (χ4v) is 0.564. The smallest absolute Gasteiger partial charge is 0.106 e. The summed E-state index contributed by atoms with van der Waals surface area (Å²) in [5, 5.41) is 0. The van der Waals surface area contributed by atoms with Gasteiger partial charge in [0, 0.05) is 0 Å². The first-order valence-corrected chi connectivity index (χ1v) is 4.15. The van der Waals surface area contributed by atoms with E-state index in [0.29, 0.717) is 0 Å². The molecule has 0 aliphatic rings. The van der Waals surface area contributed by atoms with Gasteiger partial charge in [0.05, 0.1) is 0 Å². The van der Waals surface area contributed by atoms with Crippen molar-refractivity contribution in [1.29, 1.82) is 0 Å². The Labute approximate surface area is 92.3 Å². The van der Waals surface area contributed by atoms with Crippen molar-refractivity contribution < 1.29 is 0 Å². The fourth-order valence-electron chi connectivity index (χ4n) is 0.564. The van der Waals surface area contributed by atoms with Crippen LogP contribution in [0.3, 0.4) is 0 Å². The minimum absolute atomic E-state index is 0.386. The zero-order chi connectivity index (χ0) is 11.4. The normalized spacial score (nSPS) is 4.60. The molecule has 0 aromatic carbocycles. The van der Waals surface area contributed by atoms with E-state index in [1.807, 2.05) is 0 Å². The summed E-state index contributed by atoms with van der Waals surface area (Å²) in [6.45, 7) is 3.04. The Morgan fingerprint density at radius 3 is 1.60 bits per heavy atom. The Morgan fingerprint density at radius 1 is 0.733 bits per heavy atom. The molecule has 0 aliphatic carbocycles. The van der Waals surface area contributed by atoms with Crippen LogP contribution in [0.5, 0.6) is 0 Å². The van der Waals surface area contributed by atoms with Crippen LogP contribution >= 0.6 is 0 Å². The first-order valence-electron chi connectivity index (χ1n) is 4.15. The molecule has 0 N–H and O–H groups in total. The summed E-state index contributed by atoms with van der Waals surface area (Å²) in [7, 11) is 0. The minimum Gasteiger partial charge on any atom is -0.106 e. The molecule has 0 aromatic heterocycles. The van der Waals surface area contributed by atoms with Crippen molar-refractivity contribution in [3.05, 3.63) is 0 Å². The molecule has 1 heteroatoms. The number of rotatable bonds is 0. The lowest BCUT2D eigenvalue weighted by molar-refractivity contribution is 1.92. The van der Waals surface area contributed by atoms with Crippen molar-refractivity contribution in [2.75, 3.05) is 0 Å². The molecule has 66 valence electrons. The molecule has 0 nitrogen and oxygen atoms in total. The minimum atomic E-state index is -0.386. The van der Waals surface area contributed by atoms with E-state index in [4.69, 9.17) is 6.42 Å². The van der Waals surface area contributed by atoms with Gasteiger partial charge in [-0.15, -0.1) is 23.9 Å². The van der Waals surface area contributed by atoms with E-state index in [1.165, 1.54) is 0 Å². The van der Waals surface area contributed by atoms with Gasteiger partial charge in [-0.25, -0.2) is 0 Å². The molecule has 0 spiro atoms. The summed E-state index contributed by atoms with van der Waals surface area (Å²) < 4.78 is 0. The van der Waals surface area contributed by atoms with E-state index in [-0.39, 0.29) is 6.71 Å². The van der Waals surface area contributed by atoms with Crippen molar-refractivity contribution >= 4 is 6.71 Å². The molecule has 0 saturated carbocycles. The van der Waals surface area contributed by atoms with Gasteiger partial charge in [-0.2, -0.15) is 0 Å². The maximum atomic E-state index is 5.01. The highest BCUT2D eigenvalue weighted by Gasteiger charge is 2.00. The second-order valence-electron chi connectivity index (χ2n) is 2.14. The second kappa shape index (κ2) is 9.51. The van der Waals surface area contributed by atoms with Crippen LogP contribution in [0, 0.1) is 71.2 Å². The molecular formula is C14H7B. The monoisotopic (exact) mass is 186 g/mol.